The second-order valence-electron chi connectivity index (χ2n) is 6.25. The summed E-state index contributed by atoms with van der Waals surface area (Å²) in [5.41, 5.74) is 2.61. The molecule has 3 aromatic rings. The Morgan fingerprint density at radius 3 is 3.08 bits per heavy atom. The zero-order valence-corrected chi connectivity index (χ0v) is 13.5. The summed E-state index contributed by atoms with van der Waals surface area (Å²) in [7, 11) is 1.96. The smallest absolute Gasteiger partial charge is 0.267 e. The predicted octanol–water partition coefficient (Wildman–Crippen LogP) is 2.55. The Bertz CT molecular complexity index is 834. The SMILES string of the molecule is Cn1cncc1[C@@H]1C[C@@H](NC(=O)c2cc3ccccc3[nH]2)CCO1. The molecule has 24 heavy (non-hydrogen) atoms. The lowest BCUT2D eigenvalue weighted by Crippen LogP contribution is -2.40. The van der Waals surface area contributed by atoms with Crippen molar-refractivity contribution in [2.45, 2.75) is 25.0 Å². The molecule has 0 unspecified atom stereocenters. The highest BCUT2D eigenvalue weighted by Gasteiger charge is 2.27. The first-order valence-electron chi connectivity index (χ1n) is 8.17. The molecule has 0 spiro atoms. The Kier molecular flexibility index (Phi) is 3.82. The Labute approximate surface area is 139 Å². The number of H-pyrrole nitrogens is 1. The molecule has 0 saturated carbocycles. The van der Waals surface area contributed by atoms with E-state index in [9.17, 15) is 4.79 Å². The minimum atomic E-state index is -0.0677. The van der Waals surface area contributed by atoms with Crippen LogP contribution < -0.4 is 5.32 Å². The number of carbonyl (C=O) groups is 1. The molecule has 2 aromatic heterocycles. The summed E-state index contributed by atoms with van der Waals surface area (Å²) in [6, 6.07) is 9.88. The fraction of sp³-hybridized carbons (Fsp3) is 0.333. The van der Waals surface area contributed by atoms with Crippen molar-refractivity contribution < 1.29 is 9.53 Å². The second-order valence-corrected chi connectivity index (χ2v) is 6.25. The molecule has 1 amide bonds. The van der Waals surface area contributed by atoms with Crippen molar-refractivity contribution in [3.8, 4) is 0 Å². The van der Waals surface area contributed by atoms with E-state index >= 15 is 0 Å². The van der Waals surface area contributed by atoms with Crippen LogP contribution in [0.3, 0.4) is 0 Å². The highest BCUT2D eigenvalue weighted by atomic mass is 16.5. The highest BCUT2D eigenvalue weighted by molar-refractivity contribution is 5.98. The number of nitrogens with zero attached hydrogens (tertiary/aromatic N) is 2. The zero-order chi connectivity index (χ0) is 16.5. The van der Waals surface area contributed by atoms with Gasteiger partial charge in [-0.2, -0.15) is 0 Å². The number of ether oxygens (including phenoxy) is 1. The van der Waals surface area contributed by atoms with Crippen LogP contribution in [0, 0.1) is 0 Å². The number of carbonyl (C=O) groups excluding carboxylic acids is 1. The number of hydrogen-bond acceptors (Lipinski definition) is 3. The van der Waals surface area contributed by atoms with Gasteiger partial charge in [0.1, 0.15) is 11.8 Å². The number of amides is 1. The minimum Gasteiger partial charge on any atom is -0.372 e. The maximum atomic E-state index is 12.5. The van der Waals surface area contributed by atoms with Gasteiger partial charge in [0.2, 0.25) is 0 Å². The summed E-state index contributed by atoms with van der Waals surface area (Å²) in [6.45, 7) is 0.632. The molecule has 6 heteroatoms. The van der Waals surface area contributed by atoms with Gasteiger partial charge in [0.05, 0.1) is 18.2 Å². The molecule has 6 nitrogen and oxygen atoms in total. The zero-order valence-electron chi connectivity index (χ0n) is 13.5. The van der Waals surface area contributed by atoms with Gasteiger partial charge in [0.15, 0.2) is 0 Å². The molecule has 1 aromatic carbocycles. The third kappa shape index (κ3) is 2.80. The van der Waals surface area contributed by atoms with Gasteiger partial charge in [0.25, 0.3) is 5.91 Å². The van der Waals surface area contributed by atoms with E-state index in [1.165, 1.54) is 0 Å². The predicted molar refractivity (Wildman–Crippen MR) is 90.7 cm³/mol. The summed E-state index contributed by atoms with van der Waals surface area (Å²) in [5, 5.41) is 4.17. The topological polar surface area (TPSA) is 71.9 Å². The van der Waals surface area contributed by atoms with Crippen LogP contribution in [0.5, 0.6) is 0 Å². The van der Waals surface area contributed by atoms with Crippen LogP contribution in [-0.2, 0) is 11.8 Å². The lowest BCUT2D eigenvalue weighted by atomic mass is 10.0. The summed E-state index contributed by atoms with van der Waals surface area (Å²) >= 11 is 0. The molecular weight excluding hydrogens is 304 g/mol. The number of rotatable bonds is 3. The Morgan fingerprint density at radius 1 is 1.42 bits per heavy atom. The van der Waals surface area contributed by atoms with Crippen LogP contribution in [-0.4, -0.2) is 33.1 Å². The molecule has 0 bridgehead atoms. The van der Waals surface area contributed by atoms with Crippen LogP contribution >= 0.6 is 0 Å². The van der Waals surface area contributed by atoms with Gasteiger partial charge in [0, 0.05) is 30.6 Å². The van der Waals surface area contributed by atoms with Gasteiger partial charge in [-0.25, -0.2) is 4.98 Å². The van der Waals surface area contributed by atoms with E-state index in [4.69, 9.17) is 4.74 Å². The first-order chi connectivity index (χ1) is 11.7. The van der Waals surface area contributed by atoms with Gasteiger partial charge in [-0.3, -0.25) is 4.79 Å². The largest absolute Gasteiger partial charge is 0.372 e. The Balaban J connectivity index is 1.46. The van der Waals surface area contributed by atoms with Crippen LogP contribution in [0.4, 0.5) is 0 Å². The van der Waals surface area contributed by atoms with E-state index in [1.54, 1.807) is 6.33 Å². The molecule has 0 aliphatic carbocycles. The van der Waals surface area contributed by atoms with E-state index in [1.807, 2.05) is 48.1 Å². The normalized spacial score (nSPS) is 21.0. The van der Waals surface area contributed by atoms with Crippen LogP contribution in [0.15, 0.2) is 42.9 Å². The van der Waals surface area contributed by atoms with Gasteiger partial charge >= 0.3 is 0 Å². The van der Waals surface area contributed by atoms with Gasteiger partial charge < -0.3 is 19.6 Å². The van der Waals surface area contributed by atoms with Gasteiger partial charge in [-0.05, 0) is 25.0 Å². The van der Waals surface area contributed by atoms with Crippen molar-refractivity contribution in [2.75, 3.05) is 6.61 Å². The molecule has 1 saturated heterocycles. The number of benzene rings is 1. The quantitative estimate of drug-likeness (QED) is 0.778. The highest BCUT2D eigenvalue weighted by Crippen LogP contribution is 2.27. The van der Waals surface area contributed by atoms with Crippen molar-refractivity contribution in [1.29, 1.82) is 0 Å². The lowest BCUT2D eigenvalue weighted by Gasteiger charge is -2.30. The van der Waals surface area contributed by atoms with Crippen LogP contribution in [0.2, 0.25) is 0 Å². The Morgan fingerprint density at radius 2 is 2.29 bits per heavy atom. The van der Waals surface area contributed by atoms with Crippen molar-refractivity contribution in [1.82, 2.24) is 19.9 Å². The van der Waals surface area contributed by atoms with Crippen LogP contribution in [0.25, 0.3) is 10.9 Å². The molecular formula is C18H20N4O2. The number of aromatic amines is 1. The monoisotopic (exact) mass is 324 g/mol. The fourth-order valence-electron chi connectivity index (χ4n) is 3.27. The molecule has 0 radical (unpaired) electrons. The van der Waals surface area contributed by atoms with E-state index < -0.39 is 0 Å². The summed E-state index contributed by atoms with van der Waals surface area (Å²) in [6.07, 6.45) is 5.14. The maximum absolute atomic E-state index is 12.5. The molecule has 2 N–H and O–H groups in total. The number of aromatic nitrogens is 3. The number of hydrogen-bond donors (Lipinski definition) is 2. The van der Waals surface area contributed by atoms with Gasteiger partial charge in [-0.1, -0.05) is 18.2 Å². The number of imidazole rings is 1. The average Bonchev–Trinajstić information content (AvgIpc) is 3.21. The number of nitrogens with one attached hydrogen (secondary N) is 2. The number of para-hydroxylation sites is 1. The second kappa shape index (κ2) is 6.13. The molecule has 1 aliphatic rings. The lowest BCUT2D eigenvalue weighted by molar-refractivity contribution is -0.00304. The van der Waals surface area contributed by atoms with Crippen molar-refractivity contribution in [3.63, 3.8) is 0 Å². The molecule has 1 aliphatic heterocycles. The third-order valence-electron chi connectivity index (χ3n) is 4.58. The van der Waals surface area contributed by atoms with E-state index in [0.717, 1.165) is 29.4 Å². The van der Waals surface area contributed by atoms with E-state index in [0.29, 0.717) is 12.3 Å². The first kappa shape index (κ1) is 15.0. The van der Waals surface area contributed by atoms with Crippen LogP contribution in [0.1, 0.15) is 35.1 Å². The molecule has 2 atom stereocenters. The molecule has 124 valence electrons. The minimum absolute atomic E-state index is 0.0285. The molecule has 3 heterocycles. The number of aryl methyl sites for hydroxylation is 1. The number of fused-ring (bicyclic) bond motifs is 1. The average molecular weight is 324 g/mol. The molecule has 1 fully saturated rings. The van der Waals surface area contributed by atoms with Crippen molar-refractivity contribution >= 4 is 16.8 Å². The summed E-state index contributed by atoms with van der Waals surface area (Å²) in [5.74, 6) is -0.0677. The maximum Gasteiger partial charge on any atom is 0.267 e. The Hall–Kier alpha value is -2.60. The van der Waals surface area contributed by atoms with E-state index in [2.05, 4.69) is 15.3 Å². The third-order valence-corrected chi connectivity index (χ3v) is 4.58. The van der Waals surface area contributed by atoms with Crippen molar-refractivity contribution in [2.24, 2.45) is 7.05 Å². The van der Waals surface area contributed by atoms with E-state index in [-0.39, 0.29) is 18.1 Å². The standard InChI is InChI=1S/C18H20N4O2/c1-22-11-19-10-16(22)17-9-13(6-7-24-17)20-18(23)15-8-12-4-2-3-5-14(12)21-15/h2-5,8,10-11,13,17,21H,6-7,9H2,1H3,(H,20,23)/t13-,17-/m0/s1. The summed E-state index contributed by atoms with van der Waals surface area (Å²) < 4.78 is 7.81. The molecule has 4 rings (SSSR count). The van der Waals surface area contributed by atoms with Gasteiger partial charge in [-0.15, -0.1) is 0 Å². The first-order valence-corrected chi connectivity index (χ1v) is 8.17. The summed E-state index contributed by atoms with van der Waals surface area (Å²) in [4.78, 5) is 19.9. The van der Waals surface area contributed by atoms with Crippen molar-refractivity contribution in [3.05, 3.63) is 54.2 Å². The fourth-order valence-corrected chi connectivity index (χ4v) is 3.27.